The monoisotopic (exact) mass is 281 g/mol. The van der Waals surface area contributed by atoms with Crippen molar-refractivity contribution in [1.29, 1.82) is 0 Å². The third-order valence-electron chi connectivity index (χ3n) is 4.36. The predicted octanol–water partition coefficient (Wildman–Crippen LogP) is 2.68. The van der Waals surface area contributed by atoms with E-state index in [0.29, 0.717) is 5.92 Å². The lowest BCUT2D eigenvalue weighted by Crippen LogP contribution is -2.53. The van der Waals surface area contributed by atoms with Crippen LogP contribution in [0.25, 0.3) is 0 Å². The summed E-state index contributed by atoms with van der Waals surface area (Å²) >= 11 is 0. The second-order valence-corrected chi connectivity index (χ2v) is 6.31. The van der Waals surface area contributed by atoms with E-state index in [1.807, 2.05) is 13.8 Å². The van der Waals surface area contributed by atoms with Crippen LogP contribution < -0.4 is 5.32 Å². The summed E-state index contributed by atoms with van der Waals surface area (Å²) in [5.74, 6) is -0.247. The second kappa shape index (κ2) is 6.91. The summed E-state index contributed by atoms with van der Waals surface area (Å²) in [6, 6.07) is 0. The zero-order chi connectivity index (χ0) is 15.3. The van der Waals surface area contributed by atoms with Crippen LogP contribution in [-0.2, 0) is 14.3 Å². The van der Waals surface area contributed by atoms with Gasteiger partial charge in [-0.3, -0.25) is 9.59 Å². The topological polar surface area (TPSA) is 55.4 Å². The number of hydrogen-bond acceptors (Lipinski definition) is 3. The van der Waals surface area contributed by atoms with Gasteiger partial charge >= 0.3 is 5.97 Å². The first-order valence-electron chi connectivity index (χ1n) is 7.36. The summed E-state index contributed by atoms with van der Waals surface area (Å²) in [4.78, 5) is 24.0. The largest absolute Gasteiger partial charge is 0.469 e. The molecule has 0 unspecified atom stereocenters. The lowest BCUT2D eigenvalue weighted by molar-refractivity contribution is -0.145. The van der Waals surface area contributed by atoms with E-state index in [4.69, 9.17) is 4.74 Å². The maximum atomic E-state index is 12.6. The molecule has 1 amide bonds. The molecule has 0 aromatic carbocycles. The van der Waals surface area contributed by atoms with Crippen LogP contribution >= 0.6 is 0 Å². The Hall–Kier alpha value is -1.32. The van der Waals surface area contributed by atoms with Crippen molar-refractivity contribution in [3.8, 4) is 0 Å². The van der Waals surface area contributed by atoms with Crippen LogP contribution in [0.2, 0.25) is 0 Å². The van der Waals surface area contributed by atoms with Gasteiger partial charge in [0.25, 0.3) is 0 Å². The van der Waals surface area contributed by atoms with Crippen molar-refractivity contribution in [2.75, 3.05) is 7.11 Å². The summed E-state index contributed by atoms with van der Waals surface area (Å²) in [5.41, 5.74) is -0.194. The molecule has 0 spiro atoms. The number of rotatable bonds is 6. The number of esters is 1. The van der Waals surface area contributed by atoms with Gasteiger partial charge in [-0.15, -0.1) is 0 Å². The Kier molecular flexibility index (Phi) is 5.78. The zero-order valence-electron chi connectivity index (χ0n) is 13.2. The Morgan fingerprint density at radius 3 is 2.15 bits per heavy atom. The highest BCUT2D eigenvalue weighted by molar-refractivity contribution is 5.84. The molecule has 0 bridgehead atoms. The molecule has 0 radical (unpaired) electrons. The van der Waals surface area contributed by atoms with E-state index in [-0.39, 0.29) is 35.7 Å². The van der Waals surface area contributed by atoms with Crippen LogP contribution in [0.5, 0.6) is 0 Å². The molecule has 0 aliphatic heterocycles. The normalized spacial score (nSPS) is 18.4. The standard InChI is InChI=1S/C16H27NO3/c1-11(2)13(10-14(18)20-5)15(19)17-16(12(3)4)8-6-7-9-16/h6-7,11-13H,8-10H2,1-5H3,(H,17,19)/t13-/m0/s1. The quantitative estimate of drug-likeness (QED) is 0.601. The van der Waals surface area contributed by atoms with E-state index in [1.54, 1.807) is 0 Å². The minimum absolute atomic E-state index is 0.0391. The average Bonchev–Trinajstić information content (AvgIpc) is 2.84. The lowest BCUT2D eigenvalue weighted by Gasteiger charge is -2.36. The Balaban J connectivity index is 2.77. The molecule has 114 valence electrons. The van der Waals surface area contributed by atoms with E-state index < -0.39 is 0 Å². The molecule has 1 rings (SSSR count). The lowest BCUT2D eigenvalue weighted by atomic mass is 9.82. The maximum Gasteiger partial charge on any atom is 0.306 e. The van der Waals surface area contributed by atoms with Crippen LogP contribution in [0.15, 0.2) is 12.2 Å². The van der Waals surface area contributed by atoms with E-state index in [2.05, 4.69) is 31.3 Å². The fourth-order valence-corrected chi connectivity index (χ4v) is 2.62. The fourth-order valence-electron chi connectivity index (χ4n) is 2.62. The summed E-state index contributed by atoms with van der Waals surface area (Å²) in [6.07, 6.45) is 6.09. The van der Waals surface area contributed by atoms with Crippen molar-refractivity contribution in [2.24, 2.45) is 17.8 Å². The molecule has 4 heteroatoms. The van der Waals surface area contributed by atoms with Gasteiger partial charge in [0.2, 0.25) is 5.91 Å². The summed E-state index contributed by atoms with van der Waals surface area (Å²) < 4.78 is 4.69. The van der Waals surface area contributed by atoms with Gasteiger partial charge in [0.05, 0.1) is 19.4 Å². The van der Waals surface area contributed by atoms with E-state index in [0.717, 1.165) is 12.8 Å². The van der Waals surface area contributed by atoms with Crippen LogP contribution in [0.1, 0.15) is 47.0 Å². The number of ether oxygens (including phenoxy) is 1. The van der Waals surface area contributed by atoms with E-state index in [1.165, 1.54) is 7.11 Å². The van der Waals surface area contributed by atoms with Crippen molar-refractivity contribution in [2.45, 2.75) is 52.5 Å². The highest BCUT2D eigenvalue weighted by Gasteiger charge is 2.38. The second-order valence-electron chi connectivity index (χ2n) is 6.31. The van der Waals surface area contributed by atoms with Crippen LogP contribution in [0, 0.1) is 17.8 Å². The van der Waals surface area contributed by atoms with Gasteiger partial charge in [-0.1, -0.05) is 39.8 Å². The summed E-state index contributed by atoms with van der Waals surface area (Å²) in [5, 5.41) is 3.19. The predicted molar refractivity (Wildman–Crippen MR) is 79.0 cm³/mol. The van der Waals surface area contributed by atoms with Gasteiger partial charge in [-0.05, 0) is 24.7 Å². The molecule has 4 nitrogen and oxygen atoms in total. The molecule has 0 aromatic rings. The van der Waals surface area contributed by atoms with Crippen LogP contribution in [-0.4, -0.2) is 24.5 Å². The smallest absolute Gasteiger partial charge is 0.306 e. The highest BCUT2D eigenvalue weighted by Crippen LogP contribution is 2.32. The summed E-state index contributed by atoms with van der Waals surface area (Å²) in [6.45, 7) is 8.17. The van der Waals surface area contributed by atoms with Gasteiger partial charge in [0.1, 0.15) is 0 Å². The third-order valence-corrected chi connectivity index (χ3v) is 4.36. The number of carbonyl (C=O) groups is 2. The van der Waals surface area contributed by atoms with Crippen molar-refractivity contribution >= 4 is 11.9 Å². The van der Waals surface area contributed by atoms with E-state index >= 15 is 0 Å². The third kappa shape index (κ3) is 3.84. The Morgan fingerprint density at radius 1 is 1.20 bits per heavy atom. The first-order valence-corrected chi connectivity index (χ1v) is 7.36. The molecule has 0 fully saturated rings. The number of nitrogens with one attached hydrogen (secondary N) is 1. The Morgan fingerprint density at radius 2 is 1.75 bits per heavy atom. The minimum Gasteiger partial charge on any atom is -0.469 e. The molecule has 1 N–H and O–H groups in total. The molecule has 0 saturated carbocycles. The number of methoxy groups -OCH3 is 1. The van der Waals surface area contributed by atoms with Crippen LogP contribution in [0.4, 0.5) is 0 Å². The van der Waals surface area contributed by atoms with Gasteiger partial charge in [-0.2, -0.15) is 0 Å². The Bertz CT molecular complexity index is 377. The fraction of sp³-hybridized carbons (Fsp3) is 0.750. The molecule has 1 atom stereocenters. The van der Waals surface area contributed by atoms with Gasteiger partial charge < -0.3 is 10.1 Å². The molecular weight excluding hydrogens is 254 g/mol. The molecule has 0 aromatic heterocycles. The van der Waals surface area contributed by atoms with Gasteiger partial charge in [0.15, 0.2) is 0 Å². The molecular formula is C16H27NO3. The van der Waals surface area contributed by atoms with Gasteiger partial charge in [0, 0.05) is 5.54 Å². The first kappa shape index (κ1) is 16.7. The van der Waals surface area contributed by atoms with Crippen LogP contribution in [0.3, 0.4) is 0 Å². The van der Waals surface area contributed by atoms with Crippen molar-refractivity contribution in [3.05, 3.63) is 12.2 Å². The Labute approximate surface area is 122 Å². The number of amides is 1. The molecule has 0 saturated heterocycles. The zero-order valence-corrected chi connectivity index (χ0v) is 13.2. The average molecular weight is 281 g/mol. The molecule has 20 heavy (non-hydrogen) atoms. The van der Waals surface area contributed by atoms with Crippen molar-refractivity contribution in [1.82, 2.24) is 5.32 Å². The number of carbonyl (C=O) groups excluding carboxylic acids is 2. The molecule has 1 aliphatic carbocycles. The van der Waals surface area contributed by atoms with E-state index in [9.17, 15) is 9.59 Å². The van der Waals surface area contributed by atoms with Crippen molar-refractivity contribution in [3.63, 3.8) is 0 Å². The first-order chi connectivity index (χ1) is 9.32. The number of hydrogen-bond donors (Lipinski definition) is 1. The minimum atomic E-state index is -0.335. The molecule has 1 aliphatic rings. The van der Waals surface area contributed by atoms with Gasteiger partial charge in [-0.25, -0.2) is 0 Å². The SMILES string of the molecule is COC(=O)C[C@H](C(=O)NC1(C(C)C)CC=CC1)C(C)C. The summed E-state index contributed by atoms with van der Waals surface area (Å²) in [7, 11) is 1.36. The molecule has 0 heterocycles. The van der Waals surface area contributed by atoms with Crippen molar-refractivity contribution < 1.29 is 14.3 Å². The maximum absolute atomic E-state index is 12.6. The highest BCUT2D eigenvalue weighted by atomic mass is 16.5.